The molecule has 0 amide bonds. The summed E-state index contributed by atoms with van der Waals surface area (Å²) in [5.74, 6) is 0.906. The third kappa shape index (κ3) is 5.61. The van der Waals surface area contributed by atoms with Crippen LogP contribution in [0.15, 0.2) is 29.4 Å². The molecule has 4 heteroatoms. The summed E-state index contributed by atoms with van der Waals surface area (Å²) in [6.45, 7) is 6.35. The van der Waals surface area contributed by atoms with Gasteiger partial charge >= 0.3 is 0 Å². The average molecular weight is 277 g/mol. The molecule has 0 saturated heterocycles. The molecule has 0 aliphatic carbocycles. The van der Waals surface area contributed by atoms with Crippen molar-refractivity contribution in [3.63, 3.8) is 0 Å². The molecule has 1 unspecified atom stereocenters. The molecule has 1 aromatic rings. The van der Waals surface area contributed by atoms with Crippen LogP contribution in [0.1, 0.15) is 50.7 Å². The Hall–Kier alpha value is -1.55. The van der Waals surface area contributed by atoms with Gasteiger partial charge in [-0.3, -0.25) is 0 Å². The number of rotatable bonds is 9. The number of unbranched alkanes of at least 4 members (excludes halogenated alkanes) is 1. The van der Waals surface area contributed by atoms with Gasteiger partial charge in [-0.15, -0.1) is 0 Å². The predicted octanol–water partition coefficient (Wildman–Crippen LogP) is 3.09. The minimum Gasteiger partial charge on any atom is -0.409 e. The van der Waals surface area contributed by atoms with Gasteiger partial charge in [-0.2, -0.15) is 0 Å². The standard InChI is InChI=1S/C16H27N3O/c1-3-5-7-13(4-2)11-18-12-14-8-6-9-15(10-14)16(17)19-20/h6,8-10,13,18,20H,3-5,7,11-12H2,1-2H3,(H2,17,19). The van der Waals surface area contributed by atoms with E-state index in [1.54, 1.807) is 0 Å². The summed E-state index contributed by atoms with van der Waals surface area (Å²) in [5, 5.41) is 15.2. The zero-order valence-electron chi connectivity index (χ0n) is 12.6. The molecule has 1 atom stereocenters. The van der Waals surface area contributed by atoms with E-state index in [1.807, 2.05) is 24.3 Å². The molecule has 0 spiro atoms. The van der Waals surface area contributed by atoms with Crippen LogP contribution in [0.5, 0.6) is 0 Å². The third-order valence-electron chi connectivity index (χ3n) is 3.64. The summed E-state index contributed by atoms with van der Waals surface area (Å²) in [6, 6.07) is 7.77. The topological polar surface area (TPSA) is 70.6 Å². The molecule has 0 aromatic heterocycles. The van der Waals surface area contributed by atoms with Gasteiger partial charge in [0.05, 0.1) is 0 Å². The lowest BCUT2D eigenvalue weighted by atomic mass is 9.99. The zero-order valence-corrected chi connectivity index (χ0v) is 12.6. The van der Waals surface area contributed by atoms with Crippen molar-refractivity contribution in [2.24, 2.45) is 16.8 Å². The summed E-state index contributed by atoms with van der Waals surface area (Å²) in [5.41, 5.74) is 7.50. The van der Waals surface area contributed by atoms with Crippen LogP contribution >= 0.6 is 0 Å². The van der Waals surface area contributed by atoms with E-state index < -0.39 is 0 Å². The van der Waals surface area contributed by atoms with Crippen molar-refractivity contribution in [2.75, 3.05) is 6.54 Å². The van der Waals surface area contributed by atoms with Crippen LogP contribution < -0.4 is 11.1 Å². The highest BCUT2D eigenvalue weighted by atomic mass is 16.4. The van der Waals surface area contributed by atoms with E-state index in [9.17, 15) is 0 Å². The second-order valence-electron chi connectivity index (χ2n) is 5.23. The Morgan fingerprint density at radius 1 is 1.40 bits per heavy atom. The van der Waals surface area contributed by atoms with Crippen molar-refractivity contribution >= 4 is 5.84 Å². The Labute approximate surface area is 122 Å². The Morgan fingerprint density at radius 3 is 2.85 bits per heavy atom. The number of hydrogen-bond donors (Lipinski definition) is 3. The summed E-state index contributed by atoms with van der Waals surface area (Å²) in [6.07, 6.45) is 5.08. The molecular formula is C16H27N3O. The van der Waals surface area contributed by atoms with Crippen molar-refractivity contribution < 1.29 is 5.21 Å². The quantitative estimate of drug-likeness (QED) is 0.281. The Balaban J connectivity index is 2.45. The van der Waals surface area contributed by atoms with Gasteiger partial charge in [-0.05, 0) is 30.5 Å². The van der Waals surface area contributed by atoms with Crippen molar-refractivity contribution in [3.8, 4) is 0 Å². The first-order valence-electron chi connectivity index (χ1n) is 7.48. The molecule has 0 aliphatic heterocycles. The Morgan fingerprint density at radius 2 is 2.20 bits per heavy atom. The average Bonchev–Trinajstić information content (AvgIpc) is 2.50. The fourth-order valence-corrected chi connectivity index (χ4v) is 2.26. The lowest BCUT2D eigenvalue weighted by molar-refractivity contribution is 0.318. The number of nitrogens with zero attached hydrogens (tertiary/aromatic N) is 1. The van der Waals surface area contributed by atoms with Gasteiger partial charge < -0.3 is 16.3 Å². The minimum atomic E-state index is 0.154. The summed E-state index contributed by atoms with van der Waals surface area (Å²) < 4.78 is 0. The van der Waals surface area contributed by atoms with E-state index in [0.29, 0.717) is 0 Å². The molecule has 4 N–H and O–H groups in total. The van der Waals surface area contributed by atoms with Crippen molar-refractivity contribution in [1.82, 2.24) is 5.32 Å². The summed E-state index contributed by atoms with van der Waals surface area (Å²) in [4.78, 5) is 0. The second-order valence-corrected chi connectivity index (χ2v) is 5.23. The minimum absolute atomic E-state index is 0.154. The highest BCUT2D eigenvalue weighted by Gasteiger charge is 2.05. The van der Waals surface area contributed by atoms with Gasteiger partial charge in [0.15, 0.2) is 5.84 Å². The van der Waals surface area contributed by atoms with Gasteiger partial charge in [-0.25, -0.2) is 0 Å². The smallest absolute Gasteiger partial charge is 0.170 e. The van der Waals surface area contributed by atoms with Gasteiger partial charge in [0.2, 0.25) is 0 Å². The maximum atomic E-state index is 8.69. The fourth-order valence-electron chi connectivity index (χ4n) is 2.26. The van der Waals surface area contributed by atoms with E-state index in [4.69, 9.17) is 10.9 Å². The molecule has 1 aromatic carbocycles. The maximum Gasteiger partial charge on any atom is 0.170 e. The van der Waals surface area contributed by atoms with Crippen molar-refractivity contribution in [1.29, 1.82) is 0 Å². The van der Waals surface area contributed by atoms with Gasteiger partial charge in [0.1, 0.15) is 0 Å². The van der Waals surface area contributed by atoms with E-state index in [0.717, 1.165) is 30.1 Å². The van der Waals surface area contributed by atoms with Crippen LogP contribution in [-0.2, 0) is 6.54 Å². The van der Waals surface area contributed by atoms with E-state index in [1.165, 1.54) is 25.7 Å². The summed E-state index contributed by atoms with van der Waals surface area (Å²) >= 11 is 0. The molecule has 0 saturated carbocycles. The number of nitrogens with two attached hydrogens (primary N) is 1. The first kappa shape index (κ1) is 16.5. The number of nitrogens with one attached hydrogen (secondary N) is 1. The van der Waals surface area contributed by atoms with Crippen LogP contribution in [0.2, 0.25) is 0 Å². The molecule has 0 radical (unpaired) electrons. The number of oxime groups is 1. The maximum absolute atomic E-state index is 8.69. The number of amidine groups is 1. The first-order valence-corrected chi connectivity index (χ1v) is 7.48. The van der Waals surface area contributed by atoms with E-state index in [-0.39, 0.29) is 5.84 Å². The lowest BCUT2D eigenvalue weighted by Crippen LogP contribution is -2.22. The normalized spacial score (nSPS) is 13.4. The lowest BCUT2D eigenvalue weighted by Gasteiger charge is -2.15. The van der Waals surface area contributed by atoms with E-state index >= 15 is 0 Å². The molecule has 0 heterocycles. The zero-order chi connectivity index (χ0) is 14.8. The fraction of sp³-hybridized carbons (Fsp3) is 0.562. The molecule has 112 valence electrons. The predicted molar refractivity (Wildman–Crippen MR) is 84.0 cm³/mol. The van der Waals surface area contributed by atoms with Crippen LogP contribution in [0.25, 0.3) is 0 Å². The SMILES string of the molecule is CCCCC(CC)CNCc1cccc(/C(N)=N/O)c1. The summed E-state index contributed by atoms with van der Waals surface area (Å²) in [7, 11) is 0. The van der Waals surface area contributed by atoms with Crippen LogP contribution in [-0.4, -0.2) is 17.6 Å². The molecule has 0 bridgehead atoms. The number of hydrogen-bond acceptors (Lipinski definition) is 3. The molecule has 1 rings (SSSR count). The highest BCUT2D eigenvalue weighted by Crippen LogP contribution is 2.12. The Bertz CT molecular complexity index is 418. The second kappa shape index (κ2) is 9.37. The number of benzene rings is 1. The highest BCUT2D eigenvalue weighted by molar-refractivity contribution is 5.97. The molecule has 20 heavy (non-hydrogen) atoms. The molecule has 4 nitrogen and oxygen atoms in total. The van der Waals surface area contributed by atoms with Crippen LogP contribution in [0.3, 0.4) is 0 Å². The van der Waals surface area contributed by atoms with Gasteiger partial charge in [-0.1, -0.05) is 56.5 Å². The molecule has 0 fully saturated rings. The van der Waals surface area contributed by atoms with Crippen LogP contribution in [0, 0.1) is 5.92 Å². The van der Waals surface area contributed by atoms with Gasteiger partial charge in [0, 0.05) is 12.1 Å². The molecular weight excluding hydrogens is 250 g/mol. The largest absolute Gasteiger partial charge is 0.409 e. The van der Waals surface area contributed by atoms with Crippen molar-refractivity contribution in [2.45, 2.75) is 46.1 Å². The van der Waals surface area contributed by atoms with Crippen LogP contribution in [0.4, 0.5) is 0 Å². The molecule has 0 aliphatic rings. The third-order valence-corrected chi connectivity index (χ3v) is 3.64. The Kier molecular flexibility index (Phi) is 7.73. The first-order chi connectivity index (χ1) is 9.71. The van der Waals surface area contributed by atoms with Gasteiger partial charge in [0.25, 0.3) is 0 Å². The van der Waals surface area contributed by atoms with E-state index in [2.05, 4.69) is 24.3 Å². The monoisotopic (exact) mass is 277 g/mol. The van der Waals surface area contributed by atoms with Crippen molar-refractivity contribution in [3.05, 3.63) is 35.4 Å².